The standard InChI is InChI=1S/C20H23BrN2O3/c1-25-18-7-5-15(6-8-18)19(23-9-11-26-12-10-23)14-22-20(24)16-3-2-4-17(21)13-16/h2-8,13,19H,9-12,14H2,1H3,(H,22,24). The van der Waals surface area contributed by atoms with Crippen LogP contribution in [-0.4, -0.2) is 50.8 Å². The number of amides is 1. The first-order valence-electron chi connectivity index (χ1n) is 8.67. The predicted octanol–water partition coefficient (Wildman–Crippen LogP) is 3.26. The third kappa shape index (κ3) is 4.84. The van der Waals surface area contributed by atoms with E-state index in [1.165, 1.54) is 0 Å². The fourth-order valence-corrected chi connectivity index (χ4v) is 3.49. The lowest BCUT2D eigenvalue weighted by molar-refractivity contribution is 0.0162. The molecule has 0 radical (unpaired) electrons. The molecule has 1 N–H and O–H groups in total. The van der Waals surface area contributed by atoms with Crippen LogP contribution in [0.25, 0.3) is 0 Å². The van der Waals surface area contributed by atoms with Crippen LogP contribution in [0.5, 0.6) is 5.75 Å². The monoisotopic (exact) mass is 418 g/mol. The molecule has 0 spiro atoms. The second kappa shape index (κ2) is 9.16. The van der Waals surface area contributed by atoms with Crippen molar-refractivity contribution in [1.82, 2.24) is 10.2 Å². The van der Waals surface area contributed by atoms with Crippen LogP contribution in [0.2, 0.25) is 0 Å². The second-order valence-corrected chi connectivity index (χ2v) is 7.07. The first-order valence-corrected chi connectivity index (χ1v) is 9.46. The van der Waals surface area contributed by atoms with Gasteiger partial charge in [0.25, 0.3) is 5.91 Å². The Morgan fingerprint density at radius 1 is 1.23 bits per heavy atom. The molecule has 1 heterocycles. The molecule has 26 heavy (non-hydrogen) atoms. The molecule has 1 atom stereocenters. The summed E-state index contributed by atoms with van der Waals surface area (Å²) >= 11 is 3.41. The summed E-state index contributed by atoms with van der Waals surface area (Å²) in [5.41, 5.74) is 1.80. The SMILES string of the molecule is COc1ccc(C(CNC(=O)c2cccc(Br)c2)N2CCOCC2)cc1. The number of hydrogen-bond donors (Lipinski definition) is 1. The van der Waals surface area contributed by atoms with Crippen molar-refractivity contribution in [3.8, 4) is 5.75 Å². The van der Waals surface area contributed by atoms with Gasteiger partial charge in [0.1, 0.15) is 5.75 Å². The lowest BCUT2D eigenvalue weighted by Gasteiger charge is -2.35. The highest BCUT2D eigenvalue weighted by atomic mass is 79.9. The van der Waals surface area contributed by atoms with Crippen molar-refractivity contribution in [2.45, 2.75) is 6.04 Å². The van der Waals surface area contributed by atoms with E-state index in [9.17, 15) is 4.79 Å². The number of rotatable bonds is 6. The number of methoxy groups -OCH3 is 1. The molecule has 138 valence electrons. The van der Waals surface area contributed by atoms with Crippen molar-refractivity contribution < 1.29 is 14.3 Å². The minimum Gasteiger partial charge on any atom is -0.497 e. The Morgan fingerprint density at radius 2 is 1.96 bits per heavy atom. The summed E-state index contributed by atoms with van der Waals surface area (Å²) in [7, 11) is 1.66. The van der Waals surface area contributed by atoms with Crippen LogP contribution in [0.3, 0.4) is 0 Å². The van der Waals surface area contributed by atoms with Crippen molar-refractivity contribution in [2.24, 2.45) is 0 Å². The minimum absolute atomic E-state index is 0.0712. The van der Waals surface area contributed by atoms with Crippen LogP contribution in [-0.2, 0) is 4.74 Å². The molecule has 1 fully saturated rings. The van der Waals surface area contributed by atoms with Crippen molar-refractivity contribution in [2.75, 3.05) is 40.0 Å². The highest BCUT2D eigenvalue weighted by Crippen LogP contribution is 2.24. The third-order valence-electron chi connectivity index (χ3n) is 4.53. The fourth-order valence-electron chi connectivity index (χ4n) is 3.09. The summed E-state index contributed by atoms with van der Waals surface area (Å²) in [6.45, 7) is 3.67. The number of carbonyl (C=O) groups excluding carboxylic acids is 1. The van der Waals surface area contributed by atoms with Gasteiger partial charge in [-0.25, -0.2) is 0 Å². The van der Waals surface area contributed by atoms with Crippen molar-refractivity contribution >= 4 is 21.8 Å². The maximum Gasteiger partial charge on any atom is 0.251 e. The van der Waals surface area contributed by atoms with Crippen LogP contribution < -0.4 is 10.1 Å². The van der Waals surface area contributed by atoms with Gasteiger partial charge in [0.2, 0.25) is 0 Å². The normalized spacial score (nSPS) is 16.1. The van der Waals surface area contributed by atoms with E-state index in [0.29, 0.717) is 25.3 Å². The largest absolute Gasteiger partial charge is 0.497 e. The van der Waals surface area contributed by atoms with E-state index in [4.69, 9.17) is 9.47 Å². The van der Waals surface area contributed by atoms with Crippen molar-refractivity contribution in [3.63, 3.8) is 0 Å². The van der Waals surface area contributed by atoms with Gasteiger partial charge in [0.15, 0.2) is 0 Å². The van der Waals surface area contributed by atoms with E-state index in [-0.39, 0.29) is 11.9 Å². The zero-order valence-electron chi connectivity index (χ0n) is 14.8. The predicted molar refractivity (Wildman–Crippen MR) is 105 cm³/mol. The highest BCUT2D eigenvalue weighted by Gasteiger charge is 2.23. The Morgan fingerprint density at radius 3 is 2.62 bits per heavy atom. The average molecular weight is 419 g/mol. The molecule has 2 aromatic rings. The van der Waals surface area contributed by atoms with Crippen LogP contribution in [0.1, 0.15) is 22.0 Å². The Bertz CT molecular complexity index is 730. The van der Waals surface area contributed by atoms with E-state index < -0.39 is 0 Å². The van der Waals surface area contributed by atoms with Gasteiger partial charge in [-0.3, -0.25) is 9.69 Å². The average Bonchev–Trinajstić information content (AvgIpc) is 2.69. The van der Waals surface area contributed by atoms with Gasteiger partial charge in [-0.05, 0) is 35.9 Å². The number of halogens is 1. The molecule has 1 saturated heterocycles. The zero-order chi connectivity index (χ0) is 18.4. The first kappa shape index (κ1) is 18.9. The van der Waals surface area contributed by atoms with Gasteiger partial charge in [0.05, 0.1) is 26.4 Å². The quantitative estimate of drug-likeness (QED) is 0.781. The maximum absolute atomic E-state index is 12.5. The number of nitrogens with zero attached hydrogens (tertiary/aromatic N) is 1. The van der Waals surface area contributed by atoms with Crippen LogP contribution >= 0.6 is 15.9 Å². The van der Waals surface area contributed by atoms with E-state index in [1.54, 1.807) is 7.11 Å². The molecule has 3 rings (SSSR count). The van der Waals surface area contributed by atoms with Crippen molar-refractivity contribution in [1.29, 1.82) is 0 Å². The third-order valence-corrected chi connectivity index (χ3v) is 5.02. The summed E-state index contributed by atoms with van der Waals surface area (Å²) in [6, 6.07) is 15.5. The molecule has 1 unspecified atom stereocenters. The maximum atomic E-state index is 12.5. The van der Waals surface area contributed by atoms with E-state index in [1.807, 2.05) is 36.4 Å². The Labute approximate surface area is 162 Å². The van der Waals surface area contributed by atoms with Gasteiger partial charge in [-0.15, -0.1) is 0 Å². The molecule has 0 saturated carbocycles. The highest BCUT2D eigenvalue weighted by molar-refractivity contribution is 9.10. The van der Waals surface area contributed by atoms with Crippen LogP contribution in [0.4, 0.5) is 0 Å². The smallest absolute Gasteiger partial charge is 0.251 e. The molecular weight excluding hydrogens is 396 g/mol. The van der Waals surface area contributed by atoms with Gasteiger partial charge in [-0.1, -0.05) is 34.1 Å². The van der Waals surface area contributed by atoms with Gasteiger partial charge in [-0.2, -0.15) is 0 Å². The molecule has 1 aliphatic rings. The molecule has 1 amide bonds. The number of hydrogen-bond acceptors (Lipinski definition) is 4. The Hall–Kier alpha value is -1.89. The van der Waals surface area contributed by atoms with E-state index in [0.717, 1.165) is 28.9 Å². The molecule has 1 aliphatic heterocycles. The molecule has 0 bridgehead atoms. The molecule has 2 aromatic carbocycles. The minimum atomic E-state index is -0.0712. The van der Waals surface area contributed by atoms with Crippen LogP contribution in [0.15, 0.2) is 53.0 Å². The molecule has 6 heteroatoms. The van der Waals surface area contributed by atoms with Gasteiger partial charge < -0.3 is 14.8 Å². The van der Waals surface area contributed by atoms with E-state index in [2.05, 4.69) is 38.3 Å². The summed E-state index contributed by atoms with van der Waals surface area (Å²) in [5, 5.41) is 3.08. The van der Waals surface area contributed by atoms with E-state index >= 15 is 0 Å². The lowest BCUT2D eigenvalue weighted by atomic mass is 10.0. The summed E-state index contributed by atoms with van der Waals surface area (Å²) in [4.78, 5) is 14.9. The van der Waals surface area contributed by atoms with Gasteiger partial charge >= 0.3 is 0 Å². The summed E-state index contributed by atoms with van der Waals surface area (Å²) in [5.74, 6) is 0.755. The number of morpholine rings is 1. The summed E-state index contributed by atoms with van der Waals surface area (Å²) in [6.07, 6.45) is 0. The number of ether oxygens (including phenoxy) is 2. The zero-order valence-corrected chi connectivity index (χ0v) is 16.4. The topological polar surface area (TPSA) is 50.8 Å². The lowest BCUT2D eigenvalue weighted by Crippen LogP contribution is -2.43. The Balaban J connectivity index is 1.73. The molecule has 0 aliphatic carbocycles. The first-order chi connectivity index (χ1) is 12.7. The van der Waals surface area contributed by atoms with Gasteiger partial charge in [0, 0.05) is 29.7 Å². The molecular formula is C20H23BrN2O3. The fraction of sp³-hybridized carbons (Fsp3) is 0.350. The van der Waals surface area contributed by atoms with Crippen molar-refractivity contribution in [3.05, 3.63) is 64.1 Å². The number of benzene rings is 2. The van der Waals surface area contributed by atoms with Crippen LogP contribution in [0, 0.1) is 0 Å². The number of nitrogens with one attached hydrogen (secondary N) is 1. The second-order valence-electron chi connectivity index (χ2n) is 6.16. The number of carbonyl (C=O) groups is 1. The molecule has 0 aromatic heterocycles. The summed E-state index contributed by atoms with van der Waals surface area (Å²) < 4.78 is 11.6. The molecule has 5 nitrogen and oxygen atoms in total. The Kier molecular flexibility index (Phi) is 6.66.